The monoisotopic (exact) mass is 351 g/mol. The highest BCUT2D eigenvalue weighted by molar-refractivity contribution is 6.08. The van der Waals surface area contributed by atoms with Gasteiger partial charge in [0.05, 0.1) is 11.1 Å². The van der Waals surface area contributed by atoms with Crippen LogP contribution in [0, 0.1) is 5.92 Å². The molecule has 5 nitrogen and oxygen atoms in total. The van der Waals surface area contributed by atoms with Gasteiger partial charge in [-0.25, -0.2) is 0 Å². The van der Waals surface area contributed by atoms with Crippen LogP contribution in [0.5, 0.6) is 0 Å². The van der Waals surface area contributed by atoms with Crippen molar-refractivity contribution in [1.82, 2.24) is 10.3 Å². The van der Waals surface area contributed by atoms with Crippen molar-refractivity contribution in [3.05, 3.63) is 59.4 Å². The Kier molecular flexibility index (Phi) is 5.35. The van der Waals surface area contributed by atoms with Crippen molar-refractivity contribution >= 4 is 17.5 Å². The van der Waals surface area contributed by atoms with Gasteiger partial charge in [-0.3, -0.25) is 14.6 Å². The molecule has 0 bridgehead atoms. The number of nitrogens with zero attached hydrogens (tertiary/aromatic N) is 2. The molecule has 2 heterocycles. The highest BCUT2D eigenvalue weighted by Crippen LogP contribution is 2.33. The molecule has 5 heteroatoms. The zero-order valence-corrected chi connectivity index (χ0v) is 15.5. The number of fused-ring (bicyclic) bond motifs is 1. The van der Waals surface area contributed by atoms with Crippen molar-refractivity contribution in [3.63, 3.8) is 0 Å². The average Bonchev–Trinajstić information content (AvgIpc) is 2.96. The van der Waals surface area contributed by atoms with E-state index in [1.807, 2.05) is 25.1 Å². The van der Waals surface area contributed by atoms with Crippen LogP contribution in [0.1, 0.15) is 53.5 Å². The molecule has 0 fully saturated rings. The van der Waals surface area contributed by atoms with Gasteiger partial charge in [0, 0.05) is 30.7 Å². The molecule has 1 atom stereocenters. The Morgan fingerprint density at radius 3 is 2.73 bits per heavy atom. The molecule has 1 aromatic carbocycles. The molecule has 26 heavy (non-hydrogen) atoms. The minimum Gasteiger partial charge on any atom is -0.352 e. The van der Waals surface area contributed by atoms with Crippen molar-refractivity contribution in [2.75, 3.05) is 11.4 Å². The van der Waals surface area contributed by atoms with Gasteiger partial charge in [-0.15, -0.1) is 0 Å². The quantitative estimate of drug-likeness (QED) is 0.897. The molecule has 136 valence electrons. The maximum atomic E-state index is 13.1. The van der Waals surface area contributed by atoms with E-state index in [-0.39, 0.29) is 17.9 Å². The van der Waals surface area contributed by atoms with E-state index >= 15 is 0 Å². The molecule has 1 unspecified atom stereocenters. The number of pyridine rings is 1. The summed E-state index contributed by atoms with van der Waals surface area (Å²) < 4.78 is 0. The Labute approximate surface area is 154 Å². The van der Waals surface area contributed by atoms with Crippen LogP contribution in [-0.4, -0.2) is 29.4 Å². The van der Waals surface area contributed by atoms with E-state index in [1.165, 1.54) is 18.0 Å². The van der Waals surface area contributed by atoms with Gasteiger partial charge in [-0.1, -0.05) is 32.0 Å². The zero-order chi connectivity index (χ0) is 18.7. The van der Waals surface area contributed by atoms with Gasteiger partial charge in [-0.05, 0) is 43.4 Å². The van der Waals surface area contributed by atoms with Crippen molar-refractivity contribution in [3.8, 4) is 0 Å². The summed E-state index contributed by atoms with van der Waals surface area (Å²) in [5.41, 5.74) is 2.96. The van der Waals surface area contributed by atoms with E-state index in [4.69, 9.17) is 0 Å². The third kappa shape index (κ3) is 3.77. The number of hydrogen-bond acceptors (Lipinski definition) is 3. The maximum Gasteiger partial charge on any atom is 0.260 e. The second kappa shape index (κ2) is 7.68. The number of carbonyl (C=O) groups is 2. The van der Waals surface area contributed by atoms with E-state index in [0.717, 1.165) is 18.5 Å². The number of benzene rings is 1. The lowest BCUT2D eigenvalue weighted by Crippen LogP contribution is -2.36. The number of carbonyl (C=O) groups excluding carboxylic acids is 2. The van der Waals surface area contributed by atoms with Crippen molar-refractivity contribution in [2.24, 2.45) is 5.92 Å². The van der Waals surface area contributed by atoms with Crippen LogP contribution in [0.2, 0.25) is 0 Å². The van der Waals surface area contributed by atoms with Gasteiger partial charge < -0.3 is 10.2 Å². The molecular formula is C21H25N3O2. The topological polar surface area (TPSA) is 62.3 Å². The molecule has 1 aliphatic rings. The van der Waals surface area contributed by atoms with Gasteiger partial charge in [0.25, 0.3) is 11.8 Å². The molecule has 1 N–H and O–H groups in total. The molecule has 3 rings (SSSR count). The Hall–Kier alpha value is -2.69. The van der Waals surface area contributed by atoms with Gasteiger partial charge >= 0.3 is 0 Å². The molecule has 2 amide bonds. The summed E-state index contributed by atoms with van der Waals surface area (Å²) in [5.74, 6) is 0.215. The molecular weight excluding hydrogens is 326 g/mol. The maximum absolute atomic E-state index is 13.1. The summed E-state index contributed by atoms with van der Waals surface area (Å²) >= 11 is 0. The van der Waals surface area contributed by atoms with Gasteiger partial charge in [0.2, 0.25) is 0 Å². The van der Waals surface area contributed by atoms with Gasteiger partial charge in [-0.2, -0.15) is 0 Å². The predicted molar refractivity (Wildman–Crippen MR) is 102 cm³/mol. The molecule has 0 spiro atoms. The van der Waals surface area contributed by atoms with Crippen LogP contribution in [0.25, 0.3) is 0 Å². The highest BCUT2D eigenvalue weighted by Gasteiger charge is 2.31. The second-order valence-electron chi connectivity index (χ2n) is 7.26. The molecule has 1 aliphatic heterocycles. The highest BCUT2D eigenvalue weighted by atomic mass is 16.2. The lowest BCUT2D eigenvalue weighted by molar-refractivity contribution is 0.0951. The van der Waals surface area contributed by atoms with Gasteiger partial charge in [0.1, 0.15) is 0 Å². The lowest BCUT2D eigenvalue weighted by atomic mass is 10.1. The molecule has 0 saturated heterocycles. The van der Waals surface area contributed by atoms with Crippen molar-refractivity contribution in [1.29, 1.82) is 0 Å². The summed E-state index contributed by atoms with van der Waals surface area (Å²) in [4.78, 5) is 31.3. The third-order valence-corrected chi connectivity index (χ3v) is 4.68. The smallest absolute Gasteiger partial charge is 0.260 e. The number of hydrogen-bond donors (Lipinski definition) is 1. The first-order valence-corrected chi connectivity index (χ1v) is 9.12. The van der Waals surface area contributed by atoms with E-state index < -0.39 is 0 Å². The fraction of sp³-hybridized carbons (Fsp3) is 0.381. The Morgan fingerprint density at radius 2 is 1.96 bits per heavy atom. The second-order valence-corrected chi connectivity index (χ2v) is 7.26. The van der Waals surface area contributed by atoms with Crippen LogP contribution in [-0.2, 0) is 6.42 Å². The first-order valence-electron chi connectivity index (χ1n) is 9.12. The SMILES string of the molecule is CC(C)CCNC(=O)c1cncc(C(=O)N2c3ccccc3CC2C)c1. The summed E-state index contributed by atoms with van der Waals surface area (Å²) in [5, 5.41) is 2.89. The molecule has 1 aromatic heterocycles. The standard InChI is InChI=1S/C21H25N3O2/c1-14(2)8-9-23-20(25)17-11-18(13-22-12-17)21(26)24-15(3)10-16-6-4-5-7-19(16)24/h4-7,11-15H,8-10H2,1-3H3,(H,23,25). The van der Waals surface area contributed by atoms with Crippen LogP contribution in [0.4, 0.5) is 5.69 Å². The van der Waals surface area contributed by atoms with Crippen molar-refractivity contribution in [2.45, 2.75) is 39.7 Å². The fourth-order valence-electron chi connectivity index (χ4n) is 3.27. The van der Waals surface area contributed by atoms with Gasteiger partial charge in [0.15, 0.2) is 0 Å². The number of nitrogens with one attached hydrogen (secondary N) is 1. The Balaban J connectivity index is 1.78. The van der Waals surface area contributed by atoms with E-state index in [1.54, 1.807) is 11.0 Å². The molecule has 2 aromatic rings. The first kappa shape index (κ1) is 18.1. The van der Waals surface area contributed by atoms with Crippen LogP contribution in [0.15, 0.2) is 42.7 Å². The molecule has 0 radical (unpaired) electrons. The van der Waals surface area contributed by atoms with E-state index in [0.29, 0.717) is 23.6 Å². The third-order valence-electron chi connectivity index (χ3n) is 4.68. The number of anilines is 1. The molecule has 0 aliphatic carbocycles. The first-order chi connectivity index (χ1) is 12.5. The normalized spacial score (nSPS) is 15.8. The summed E-state index contributed by atoms with van der Waals surface area (Å²) in [6.45, 7) is 6.88. The summed E-state index contributed by atoms with van der Waals surface area (Å²) in [7, 11) is 0. The minimum absolute atomic E-state index is 0.0865. The fourth-order valence-corrected chi connectivity index (χ4v) is 3.27. The average molecular weight is 351 g/mol. The van der Waals surface area contributed by atoms with Crippen molar-refractivity contribution < 1.29 is 9.59 Å². The number of rotatable bonds is 5. The summed E-state index contributed by atoms with van der Waals surface area (Å²) in [6.07, 6.45) is 4.79. The van der Waals surface area contributed by atoms with Crippen LogP contribution < -0.4 is 10.2 Å². The number of aromatic nitrogens is 1. The zero-order valence-electron chi connectivity index (χ0n) is 15.5. The summed E-state index contributed by atoms with van der Waals surface area (Å²) in [6, 6.07) is 9.66. The van der Waals surface area contributed by atoms with Crippen LogP contribution >= 0.6 is 0 Å². The largest absolute Gasteiger partial charge is 0.352 e. The Morgan fingerprint density at radius 1 is 1.23 bits per heavy atom. The lowest BCUT2D eigenvalue weighted by Gasteiger charge is -2.22. The van der Waals surface area contributed by atoms with Crippen LogP contribution in [0.3, 0.4) is 0 Å². The number of para-hydroxylation sites is 1. The van der Waals surface area contributed by atoms with E-state index in [2.05, 4.69) is 30.2 Å². The Bertz CT molecular complexity index is 816. The van der Waals surface area contributed by atoms with E-state index in [9.17, 15) is 9.59 Å². The number of amides is 2. The predicted octanol–water partition coefficient (Wildman–Crippen LogP) is 3.45. The molecule has 0 saturated carbocycles. The minimum atomic E-state index is -0.192.